The molecule has 2 aliphatic rings. The molecule has 1 fully saturated rings. The number of pyridine rings is 1. The van der Waals surface area contributed by atoms with Gasteiger partial charge in [-0.1, -0.05) is 6.07 Å². The van der Waals surface area contributed by atoms with Crippen LogP contribution in [0.5, 0.6) is 0 Å². The molecule has 3 heterocycles. The van der Waals surface area contributed by atoms with E-state index >= 15 is 0 Å². The molecule has 3 rings (SSSR count). The first-order valence-electron chi connectivity index (χ1n) is 5.88. The molecule has 2 N–H and O–H groups in total. The van der Waals surface area contributed by atoms with Crippen molar-refractivity contribution in [2.24, 2.45) is 0 Å². The standard InChI is InChI=1S/C12H17N3/c1-2-9-3-4-11(10-5-7-13-8-10)15-12(9)14-6-1/h3-4,10,13H,1-2,5-8H2,(H,14,15). The fraction of sp³-hybridized carbons (Fsp3) is 0.583. The second-order valence-electron chi connectivity index (χ2n) is 4.46. The third-order valence-corrected chi connectivity index (χ3v) is 3.39. The molecule has 0 spiro atoms. The molecule has 15 heavy (non-hydrogen) atoms. The Kier molecular flexibility index (Phi) is 2.33. The van der Waals surface area contributed by atoms with Crippen molar-refractivity contribution >= 4 is 5.82 Å². The highest BCUT2D eigenvalue weighted by Gasteiger charge is 2.19. The third-order valence-electron chi connectivity index (χ3n) is 3.39. The van der Waals surface area contributed by atoms with Gasteiger partial charge in [0.2, 0.25) is 0 Å². The predicted molar refractivity (Wildman–Crippen MR) is 61.3 cm³/mol. The summed E-state index contributed by atoms with van der Waals surface area (Å²) in [6.07, 6.45) is 3.64. The average molecular weight is 203 g/mol. The quantitative estimate of drug-likeness (QED) is 0.726. The summed E-state index contributed by atoms with van der Waals surface area (Å²) in [5, 5.41) is 6.79. The lowest BCUT2D eigenvalue weighted by atomic mass is 10.0. The van der Waals surface area contributed by atoms with Gasteiger partial charge in [0.15, 0.2) is 0 Å². The summed E-state index contributed by atoms with van der Waals surface area (Å²) < 4.78 is 0. The molecule has 1 saturated heterocycles. The average Bonchev–Trinajstić information content (AvgIpc) is 2.82. The topological polar surface area (TPSA) is 37.0 Å². The lowest BCUT2D eigenvalue weighted by Gasteiger charge is -2.18. The van der Waals surface area contributed by atoms with Crippen molar-refractivity contribution in [3.63, 3.8) is 0 Å². The van der Waals surface area contributed by atoms with Gasteiger partial charge in [-0.3, -0.25) is 0 Å². The summed E-state index contributed by atoms with van der Waals surface area (Å²) in [4.78, 5) is 4.74. The highest BCUT2D eigenvalue weighted by Crippen LogP contribution is 2.25. The fourth-order valence-corrected chi connectivity index (χ4v) is 2.48. The molecule has 0 bridgehead atoms. The van der Waals surface area contributed by atoms with Crippen molar-refractivity contribution in [2.45, 2.75) is 25.2 Å². The second kappa shape index (κ2) is 3.81. The number of nitrogens with one attached hydrogen (secondary N) is 2. The van der Waals surface area contributed by atoms with Crippen molar-refractivity contribution in [1.29, 1.82) is 0 Å². The van der Waals surface area contributed by atoms with E-state index in [0.717, 1.165) is 25.5 Å². The van der Waals surface area contributed by atoms with E-state index in [4.69, 9.17) is 4.98 Å². The fourth-order valence-electron chi connectivity index (χ4n) is 2.48. The third kappa shape index (κ3) is 1.72. The lowest BCUT2D eigenvalue weighted by molar-refractivity contribution is 0.726. The number of anilines is 1. The number of nitrogens with zero attached hydrogens (tertiary/aromatic N) is 1. The Labute approximate surface area is 90.3 Å². The zero-order chi connectivity index (χ0) is 10.1. The van der Waals surface area contributed by atoms with Crippen LogP contribution < -0.4 is 10.6 Å². The van der Waals surface area contributed by atoms with Gasteiger partial charge in [-0.25, -0.2) is 4.98 Å². The van der Waals surface area contributed by atoms with Crippen molar-refractivity contribution in [2.75, 3.05) is 25.0 Å². The van der Waals surface area contributed by atoms with Crippen LogP contribution in [0, 0.1) is 0 Å². The van der Waals surface area contributed by atoms with Gasteiger partial charge in [0.1, 0.15) is 5.82 Å². The molecule has 0 aliphatic carbocycles. The summed E-state index contributed by atoms with van der Waals surface area (Å²) in [5.74, 6) is 1.75. The van der Waals surface area contributed by atoms with Gasteiger partial charge in [-0.2, -0.15) is 0 Å². The van der Waals surface area contributed by atoms with Crippen LogP contribution in [0.25, 0.3) is 0 Å². The summed E-state index contributed by atoms with van der Waals surface area (Å²) in [6, 6.07) is 4.46. The first-order valence-corrected chi connectivity index (χ1v) is 5.88. The molecule has 3 heteroatoms. The van der Waals surface area contributed by atoms with Gasteiger partial charge < -0.3 is 10.6 Å². The number of aromatic nitrogens is 1. The minimum atomic E-state index is 0.624. The summed E-state index contributed by atoms with van der Waals surface area (Å²) in [7, 11) is 0. The normalized spacial score (nSPS) is 24.7. The molecule has 3 nitrogen and oxygen atoms in total. The summed E-state index contributed by atoms with van der Waals surface area (Å²) in [5.41, 5.74) is 2.64. The van der Waals surface area contributed by atoms with Crippen LogP contribution in [0.4, 0.5) is 5.82 Å². The molecular formula is C12H17N3. The second-order valence-corrected chi connectivity index (χ2v) is 4.46. The van der Waals surface area contributed by atoms with Crippen molar-refractivity contribution in [3.05, 3.63) is 23.4 Å². The summed E-state index contributed by atoms with van der Waals surface area (Å²) >= 11 is 0. The minimum absolute atomic E-state index is 0.624. The number of hydrogen-bond donors (Lipinski definition) is 2. The monoisotopic (exact) mass is 203 g/mol. The van der Waals surface area contributed by atoms with E-state index in [1.54, 1.807) is 0 Å². The number of fused-ring (bicyclic) bond motifs is 1. The van der Waals surface area contributed by atoms with E-state index in [2.05, 4.69) is 22.8 Å². The van der Waals surface area contributed by atoms with Crippen LogP contribution in [0.15, 0.2) is 12.1 Å². The lowest BCUT2D eigenvalue weighted by Crippen LogP contribution is -2.15. The Balaban J connectivity index is 1.89. The van der Waals surface area contributed by atoms with Gasteiger partial charge in [0.05, 0.1) is 0 Å². The molecule has 0 radical (unpaired) electrons. The van der Waals surface area contributed by atoms with Crippen LogP contribution in [0.1, 0.15) is 30.0 Å². The smallest absolute Gasteiger partial charge is 0.129 e. The highest BCUT2D eigenvalue weighted by atomic mass is 15.0. The predicted octanol–water partition coefficient (Wildman–Crippen LogP) is 1.52. The Morgan fingerprint density at radius 1 is 1.27 bits per heavy atom. The van der Waals surface area contributed by atoms with Crippen LogP contribution >= 0.6 is 0 Å². The number of rotatable bonds is 1. The Bertz CT molecular complexity index is 356. The molecule has 1 atom stereocenters. The van der Waals surface area contributed by atoms with Crippen molar-refractivity contribution in [1.82, 2.24) is 10.3 Å². The molecule has 80 valence electrons. The maximum absolute atomic E-state index is 4.74. The van der Waals surface area contributed by atoms with E-state index in [9.17, 15) is 0 Å². The Morgan fingerprint density at radius 3 is 3.13 bits per heavy atom. The zero-order valence-corrected chi connectivity index (χ0v) is 8.92. The van der Waals surface area contributed by atoms with Crippen LogP contribution in [0.2, 0.25) is 0 Å². The number of aryl methyl sites for hydroxylation is 1. The molecule has 0 amide bonds. The van der Waals surface area contributed by atoms with Crippen molar-refractivity contribution < 1.29 is 0 Å². The van der Waals surface area contributed by atoms with Crippen LogP contribution in [-0.2, 0) is 6.42 Å². The van der Waals surface area contributed by atoms with E-state index in [1.807, 2.05) is 0 Å². The van der Waals surface area contributed by atoms with Gasteiger partial charge in [0, 0.05) is 24.7 Å². The first kappa shape index (κ1) is 9.16. The van der Waals surface area contributed by atoms with E-state index in [1.165, 1.54) is 30.5 Å². The molecule has 0 aromatic carbocycles. The van der Waals surface area contributed by atoms with Gasteiger partial charge in [-0.15, -0.1) is 0 Å². The maximum atomic E-state index is 4.74. The van der Waals surface area contributed by atoms with E-state index < -0.39 is 0 Å². The number of hydrogen-bond acceptors (Lipinski definition) is 3. The largest absolute Gasteiger partial charge is 0.370 e. The Hall–Kier alpha value is -1.09. The van der Waals surface area contributed by atoms with Gasteiger partial charge >= 0.3 is 0 Å². The first-order chi connectivity index (χ1) is 7.43. The molecule has 1 unspecified atom stereocenters. The zero-order valence-electron chi connectivity index (χ0n) is 8.92. The van der Waals surface area contributed by atoms with Crippen molar-refractivity contribution in [3.8, 4) is 0 Å². The summed E-state index contributed by atoms with van der Waals surface area (Å²) in [6.45, 7) is 3.30. The van der Waals surface area contributed by atoms with Gasteiger partial charge in [-0.05, 0) is 37.4 Å². The molecule has 1 aromatic rings. The van der Waals surface area contributed by atoms with E-state index in [0.29, 0.717) is 5.92 Å². The molecule has 2 aliphatic heterocycles. The Morgan fingerprint density at radius 2 is 2.27 bits per heavy atom. The highest BCUT2D eigenvalue weighted by molar-refractivity contribution is 5.47. The molecular weight excluding hydrogens is 186 g/mol. The van der Waals surface area contributed by atoms with Crippen LogP contribution in [0.3, 0.4) is 0 Å². The van der Waals surface area contributed by atoms with E-state index in [-0.39, 0.29) is 0 Å². The maximum Gasteiger partial charge on any atom is 0.129 e. The minimum Gasteiger partial charge on any atom is -0.370 e. The molecule has 1 aromatic heterocycles. The SMILES string of the molecule is c1cc2c(nc1C1CCNC1)NCCC2. The molecule has 0 saturated carbocycles. The van der Waals surface area contributed by atoms with Gasteiger partial charge in [0.25, 0.3) is 0 Å². The van der Waals surface area contributed by atoms with Crippen LogP contribution in [-0.4, -0.2) is 24.6 Å².